The molecule has 0 saturated carbocycles. The van der Waals surface area contributed by atoms with Gasteiger partial charge in [-0.25, -0.2) is 4.39 Å². The van der Waals surface area contributed by atoms with Crippen LogP contribution in [0.3, 0.4) is 0 Å². The average Bonchev–Trinajstić information content (AvgIpc) is 2.32. The number of halogens is 1. The summed E-state index contributed by atoms with van der Waals surface area (Å²) in [6, 6.07) is 3.91. The molecule has 1 aromatic carbocycles. The molecule has 0 heterocycles. The number of rotatable bonds is 7. The van der Waals surface area contributed by atoms with Crippen LogP contribution < -0.4 is 11.1 Å². The van der Waals surface area contributed by atoms with Crippen LogP contribution in [0.15, 0.2) is 18.2 Å². The summed E-state index contributed by atoms with van der Waals surface area (Å²) in [6.45, 7) is 0.678. The molecule has 0 aliphatic heterocycles. The first-order chi connectivity index (χ1) is 8.63. The summed E-state index contributed by atoms with van der Waals surface area (Å²) in [5.41, 5.74) is 6.27. The molecule has 18 heavy (non-hydrogen) atoms. The first-order valence-electron chi connectivity index (χ1n) is 5.55. The van der Waals surface area contributed by atoms with Gasteiger partial charge in [-0.1, -0.05) is 0 Å². The Kier molecular flexibility index (Phi) is 6.53. The summed E-state index contributed by atoms with van der Waals surface area (Å²) in [7, 11) is 1.64. The summed E-state index contributed by atoms with van der Waals surface area (Å²) in [6.07, 6.45) is 0.394. The molecule has 0 aromatic heterocycles. The number of thioether (sulfide) groups is 1. The Morgan fingerprint density at radius 3 is 2.94 bits per heavy atom. The van der Waals surface area contributed by atoms with Gasteiger partial charge in [0.15, 0.2) is 0 Å². The highest BCUT2D eigenvalue weighted by Crippen LogP contribution is 2.19. The molecule has 1 amide bonds. The summed E-state index contributed by atoms with van der Waals surface area (Å²) in [5, 5.41) is 2.65. The molecule has 0 bridgehead atoms. The molecule has 0 atom stereocenters. The molecule has 4 nitrogen and oxygen atoms in total. The van der Waals surface area contributed by atoms with E-state index in [1.807, 2.05) is 0 Å². The number of nitrogens with two attached hydrogens (primary N) is 1. The minimum absolute atomic E-state index is 0.127. The van der Waals surface area contributed by atoms with Crippen LogP contribution in [-0.2, 0) is 9.53 Å². The van der Waals surface area contributed by atoms with Crippen LogP contribution in [0, 0.1) is 5.82 Å². The van der Waals surface area contributed by atoms with Crippen molar-refractivity contribution in [2.24, 2.45) is 0 Å². The number of amides is 1. The van der Waals surface area contributed by atoms with Crippen molar-refractivity contribution in [3.05, 3.63) is 24.0 Å². The van der Waals surface area contributed by atoms with Crippen molar-refractivity contribution in [1.82, 2.24) is 0 Å². The number of benzene rings is 1. The van der Waals surface area contributed by atoms with E-state index in [1.54, 1.807) is 18.9 Å². The molecule has 0 aliphatic rings. The van der Waals surface area contributed by atoms with Crippen molar-refractivity contribution in [1.29, 1.82) is 0 Å². The van der Waals surface area contributed by atoms with Crippen molar-refractivity contribution in [2.45, 2.75) is 6.42 Å². The second-order valence-corrected chi connectivity index (χ2v) is 4.86. The molecular weight excluding hydrogens is 255 g/mol. The van der Waals surface area contributed by atoms with E-state index in [1.165, 1.54) is 18.2 Å². The molecule has 0 spiro atoms. The Labute approximate surface area is 110 Å². The maximum atomic E-state index is 12.8. The Morgan fingerprint density at radius 1 is 1.50 bits per heavy atom. The molecule has 1 aromatic rings. The molecule has 0 saturated heterocycles. The maximum absolute atomic E-state index is 12.8. The smallest absolute Gasteiger partial charge is 0.225 e. The fourth-order valence-corrected chi connectivity index (χ4v) is 2.09. The van der Waals surface area contributed by atoms with Gasteiger partial charge < -0.3 is 15.8 Å². The predicted molar refractivity (Wildman–Crippen MR) is 73.3 cm³/mol. The fourth-order valence-electron chi connectivity index (χ4n) is 1.27. The van der Waals surface area contributed by atoms with Gasteiger partial charge >= 0.3 is 0 Å². The Morgan fingerprint density at radius 2 is 2.28 bits per heavy atom. The van der Waals surface area contributed by atoms with Gasteiger partial charge in [0.05, 0.1) is 18.0 Å². The van der Waals surface area contributed by atoms with Crippen molar-refractivity contribution < 1.29 is 13.9 Å². The summed E-state index contributed by atoms with van der Waals surface area (Å²) in [5.74, 6) is 1.04. The van der Waals surface area contributed by atoms with Crippen LogP contribution in [0.5, 0.6) is 0 Å². The second kappa shape index (κ2) is 7.94. The first kappa shape index (κ1) is 14.8. The summed E-state index contributed by atoms with van der Waals surface area (Å²) in [4.78, 5) is 11.6. The van der Waals surface area contributed by atoms with E-state index in [0.717, 1.165) is 11.5 Å². The van der Waals surface area contributed by atoms with Gasteiger partial charge in [-0.2, -0.15) is 11.8 Å². The van der Waals surface area contributed by atoms with Gasteiger partial charge in [-0.3, -0.25) is 4.79 Å². The molecule has 0 radical (unpaired) electrons. The average molecular weight is 272 g/mol. The quantitative estimate of drug-likeness (QED) is 0.589. The molecule has 100 valence electrons. The van der Waals surface area contributed by atoms with Crippen molar-refractivity contribution in [3.63, 3.8) is 0 Å². The third-order valence-electron chi connectivity index (χ3n) is 2.19. The second-order valence-electron chi connectivity index (χ2n) is 3.63. The molecule has 3 N–H and O–H groups in total. The lowest BCUT2D eigenvalue weighted by Gasteiger charge is -2.08. The van der Waals surface area contributed by atoms with E-state index in [9.17, 15) is 9.18 Å². The molecule has 1 rings (SSSR count). The number of nitrogens with one attached hydrogen (secondary N) is 1. The number of anilines is 2. The minimum Gasteiger partial charge on any atom is -0.397 e. The zero-order chi connectivity index (χ0) is 13.4. The van der Waals surface area contributed by atoms with E-state index in [4.69, 9.17) is 10.5 Å². The van der Waals surface area contributed by atoms with Crippen molar-refractivity contribution >= 4 is 29.0 Å². The largest absolute Gasteiger partial charge is 0.397 e. The highest BCUT2D eigenvalue weighted by atomic mass is 32.2. The number of ether oxygens (including phenoxy) is 1. The van der Waals surface area contributed by atoms with Gasteiger partial charge in [-0.15, -0.1) is 0 Å². The number of nitrogen functional groups attached to an aromatic ring is 1. The van der Waals surface area contributed by atoms with Crippen LogP contribution in [0.1, 0.15) is 6.42 Å². The Hall–Kier alpha value is -1.27. The number of methoxy groups -OCH3 is 1. The predicted octanol–water partition coefficient (Wildman–Crippen LogP) is 2.12. The minimum atomic E-state index is -0.416. The normalized spacial score (nSPS) is 10.3. The Balaban J connectivity index is 2.31. The van der Waals surface area contributed by atoms with Gasteiger partial charge in [-0.05, 0) is 18.2 Å². The summed E-state index contributed by atoms with van der Waals surface area (Å²) >= 11 is 1.65. The van der Waals surface area contributed by atoms with Crippen LogP contribution in [0.2, 0.25) is 0 Å². The fraction of sp³-hybridized carbons (Fsp3) is 0.417. The van der Waals surface area contributed by atoms with Crippen LogP contribution >= 0.6 is 11.8 Å². The number of hydrogen-bond donors (Lipinski definition) is 2. The van der Waals surface area contributed by atoms with E-state index in [0.29, 0.717) is 18.7 Å². The highest BCUT2D eigenvalue weighted by molar-refractivity contribution is 7.99. The maximum Gasteiger partial charge on any atom is 0.225 e. The van der Waals surface area contributed by atoms with E-state index >= 15 is 0 Å². The first-order valence-corrected chi connectivity index (χ1v) is 6.70. The number of hydrogen-bond acceptors (Lipinski definition) is 4. The number of carbonyl (C=O) groups excluding carboxylic acids is 1. The lowest BCUT2D eigenvalue weighted by atomic mass is 10.2. The van der Waals surface area contributed by atoms with Crippen LogP contribution in [0.4, 0.5) is 15.8 Å². The molecule has 6 heteroatoms. The molecular formula is C12H17FN2O2S. The van der Waals surface area contributed by atoms with Crippen molar-refractivity contribution in [2.75, 3.05) is 36.3 Å². The standard InChI is InChI=1S/C12H17FN2O2S/c1-17-5-7-18-6-4-12(16)15-11-3-2-9(13)8-10(11)14/h2-3,8H,4-7,14H2,1H3,(H,15,16). The molecule has 0 aliphatic carbocycles. The van der Waals surface area contributed by atoms with E-state index in [-0.39, 0.29) is 11.6 Å². The third-order valence-corrected chi connectivity index (χ3v) is 3.14. The monoisotopic (exact) mass is 272 g/mol. The Bertz CT molecular complexity index is 402. The zero-order valence-corrected chi connectivity index (χ0v) is 11.1. The van der Waals surface area contributed by atoms with Gasteiger partial charge in [0.25, 0.3) is 0 Å². The highest BCUT2D eigenvalue weighted by Gasteiger charge is 2.05. The van der Waals surface area contributed by atoms with E-state index in [2.05, 4.69) is 5.32 Å². The lowest BCUT2D eigenvalue weighted by molar-refractivity contribution is -0.115. The van der Waals surface area contributed by atoms with Gasteiger partial charge in [0.2, 0.25) is 5.91 Å². The molecule has 0 fully saturated rings. The topological polar surface area (TPSA) is 64.3 Å². The number of carbonyl (C=O) groups is 1. The van der Waals surface area contributed by atoms with Gasteiger partial charge in [0.1, 0.15) is 5.82 Å². The lowest BCUT2D eigenvalue weighted by Crippen LogP contribution is -2.13. The SMILES string of the molecule is COCCSCCC(=O)Nc1ccc(F)cc1N. The summed E-state index contributed by atoms with van der Waals surface area (Å²) < 4.78 is 17.7. The van der Waals surface area contributed by atoms with Gasteiger partial charge in [0, 0.05) is 25.0 Å². The van der Waals surface area contributed by atoms with Crippen LogP contribution in [-0.4, -0.2) is 31.1 Å². The van der Waals surface area contributed by atoms with E-state index < -0.39 is 5.82 Å². The molecule has 0 unspecified atom stereocenters. The zero-order valence-electron chi connectivity index (χ0n) is 10.2. The third kappa shape index (κ3) is 5.37. The van der Waals surface area contributed by atoms with Crippen molar-refractivity contribution in [3.8, 4) is 0 Å². The van der Waals surface area contributed by atoms with Crippen LogP contribution in [0.25, 0.3) is 0 Å².